The van der Waals surface area contributed by atoms with Gasteiger partial charge in [-0.25, -0.2) is 4.79 Å². The summed E-state index contributed by atoms with van der Waals surface area (Å²) in [5, 5.41) is 0. The monoisotopic (exact) mass is 242 g/mol. The van der Waals surface area contributed by atoms with Gasteiger partial charge >= 0.3 is 12.0 Å². The fraction of sp³-hybridized carbons (Fsp3) is 0. The zero-order valence-corrected chi connectivity index (χ0v) is 8.60. The molecule has 0 radical (unpaired) electrons. The minimum absolute atomic E-state index is 0.0139. The Bertz CT molecular complexity index is 580. The van der Waals surface area contributed by atoms with Crippen LogP contribution in [0.1, 0.15) is 10.4 Å². The van der Waals surface area contributed by atoms with Crippen molar-refractivity contribution >= 4 is 22.0 Å². The predicted molar refractivity (Wildman–Crippen MR) is 50.5 cm³/mol. The molecule has 84 valence electrons. The highest BCUT2D eigenvalue weighted by molar-refractivity contribution is 7.90. The van der Waals surface area contributed by atoms with Crippen molar-refractivity contribution in [3.63, 3.8) is 0 Å². The molecule has 1 aliphatic heterocycles. The van der Waals surface area contributed by atoms with Gasteiger partial charge in [0.15, 0.2) is 0 Å². The smallest absolute Gasteiger partial charge is 0.333 e. The third kappa shape index (κ3) is 1.31. The molecule has 2 N–H and O–H groups in total. The maximum atomic E-state index is 11.7. The first-order valence-corrected chi connectivity index (χ1v) is 5.54. The number of nitrogens with zero attached hydrogens (tertiary/aromatic N) is 1. The quantitative estimate of drug-likeness (QED) is 0.736. The van der Waals surface area contributed by atoms with Crippen LogP contribution in [0.3, 0.4) is 0 Å². The number of primary amides is 1. The lowest BCUT2D eigenvalue weighted by Crippen LogP contribution is -2.34. The largest absolute Gasteiger partial charge is 0.430 e. The van der Waals surface area contributed by atoms with Crippen molar-refractivity contribution in [1.82, 2.24) is 4.47 Å². The molecule has 7 nitrogen and oxygen atoms in total. The van der Waals surface area contributed by atoms with Crippen molar-refractivity contribution in [2.75, 3.05) is 0 Å². The fourth-order valence-corrected chi connectivity index (χ4v) is 2.69. The first-order valence-electron chi connectivity index (χ1n) is 4.10. The molecule has 0 fully saturated rings. The van der Waals surface area contributed by atoms with Crippen LogP contribution in [0.2, 0.25) is 0 Å². The summed E-state index contributed by atoms with van der Waals surface area (Å²) in [6.07, 6.45) is -1.37. The molecule has 0 aliphatic carbocycles. The highest BCUT2D eigenvalue weighted by atomic mass is 32.2. The van der Waals surface area contributed by atoms with Crippen LogP contribution in [-0.2, 0) is 14.9 Å². The first kappa shape index (κ1) is 10.4. The summed E-state index contributed by atoms with van der Waals surface area (Å²) in [7, 11) is -4.13. The van der Waals surface area contributed by atoms with Crippen LogP contribution in [0, 0.1) is 0 Å². The van der Waals surface area contributed by atoms with Crippen LogP contribution in [-0.4, -0.2) is 24.9 Å². The van der Waals surface area contributed by atoms with Gasteiger partial charge in [0.1, 0.15) is 4.90 Å². The normalized spacial score (nSPS) is 17.0. The molecule has 16 heavy (non-hydrogen) atoms. The van der Waals surface area contributed by atoms with E-state index in [1.165, 1.54) is 24.3 Å². The number of benzene rings is 1. The van der Waals surface area contributed by atoms with Crippen molar-refractivity contribution in [3.8, 4) is 0 Å². The van der Waals surface area contributed by atoms with Crippen LogP contribution < -0.4 is 5.73 Å². The third-order valence-electron chi connectivity index (χ3n) is 1.95. The minimum Gasteiger partial charge on any atom is -0.333 e. The fourth-order valence-electron chi connectivity index (χ4n) is 1.34. The number of rotatable bonds is 1. The van der Waals surface area contributed by atoms with Gasteiger partial charge in [0, 0.05) is 0 Å². The predicted octanol–water partition coefficient (Wildman–Crippen LogP) is -0.159. The Balaban J connectivity index is 2.58. The summed E-state index contributed by atoms with van der Waals surface area (Å²) in [5.41, 5.74) is 4.62. The van der Waals surface area contributed by atoms with Crippen molar-refractivity contribution < 1.29 is 22.8 Å². The number of carbonyl (C=O) groups is 2. The molecule has 0 saturated carbocycles. The number of sulfonamides is 1. The van der Waals surface area contributed by atoms with Crippen LogP contribution >= 0.6 is 0 Å². The molecule has 0 saturated heterocycles. The molecule has 1 aromatic rings. The minimum atomic E-state index is -4.13. The second kappa shape index (κ2) is 3.20. The Morgan fingerprint density at radius 1 is 1.31 bits per heavy atom. The SMILES string of the molecule is NC(=O)ON1C(=O)c2ccccc2S1(=O)=O. The van der Waals surface area contributed by atoms with Crippen LogP contribution in [0.15, 0.2) is 29.2 Å². The molecule has 0 unspecified atom stereocenters. The summed E-state index contributed by atoms with van der Waals surface area (Å²) >= 11 is 0. The molecule has 2 rings (SSSR count). The van der Waals surface area contributed by atoms with Gasteiger partial charge in [-0.15, -0.1) is 0 Å². The Kier molecular flexibility index (Phi) is 2.09. The van der Waals surface area contributed by atoms with Crippen LogP contribution in [0.4, 0.5) is 4.79 Å². The third-order valence-corrected chi connectivity index (χ3v) is 3.54. The highest BCUT2D eigenvalue weighted by Gasteiger charge is 2.44. The Hall–Kier alpha value is -2.09. The van der Waals surface area contributed by atoms with Gasteiger partial charge in [-0.3, -0.25) is 4.79 Å². The Morgan fingerprint density at radius 3 is 2.50 bits per heavy atom. The number of hydrogen-bond donors (Lipinski definition) is 1. The van der Waals surface area contributed by atoms with E-state index in [-0.39, 0.29) is 14.9 Å². The van der Waals surface area contributed by atoms with Crippen LogP contribution in [0.25, 0.3) is 0 Å². The summed E-state index contributed by atoms with van der Waals surface area (Å²) in [6, 6.07) is 5.52. The van der Waals surface area contributed by atoms with E-state index >= 15 is 0 Å². The van der Waals surface area contributed by atoms with Gasteiger partial charge < -0.3 is 10.6 Å². The standard InChI is InChI=1S/C8H6N2O5S/c9-8(12)15-10-7(11)5-3-1-2-4-6(5)16(10,13)14/h1-4H,(H2,9,12). The number of hydrogen-bond acceptors (Lipinski definition) is 5. The molecule has 1 heterocycles. The van der Waals surface area contributed by atoms with Crippen molar-refractivity contribution in [1.29, 1.82) is 0 Å². The van der Waals surface area contributed by atoms with Gasteiger partial charge in [-0.2, -0.15) is 8.42 Å². The molecule has 0 aromatic heterocycles. The second-order valence-electron chi connectivity index (χ2n) is 2.94. The molecule has 8 heteroatoms. The summed E-state index contributed by atoms with van der Waals surface area (Å²) in [5.74, 6) is -0.936. The van der Waals surface area contributed by atoms with Crippen molar-refractivity contribution in [2.45, 2.75) is 4.90 Å². The van der Waals surface area contributed by atoms with Gasteiger partial charge in [0.05, 0.1) is 5.56 Å². The van der Waals surface area contributed by atoms with Gasteiger partial charge in [-0.05, 0) is 16.6 Å². The van der Waals surface area contributed by atoms with Gasteiger partial charge in [0.25, 0.3) is 10.0 Å². The molecular weight excluding hydrogens is 236 g/mol. The summed E-state index contributed by atoms with van der Waals surface area (Å²) in [4.78, 5) is 26.0. The van der Waals surface area contributed by atoms with Crippen LogP contribution in [0.5, 0.6) is 0 Å². The zero-order chi connectivity index (χ0) is 11.9. The Morgan fingerprint density at radius 2 is 1.94 bits per heavy atom. The number of carbonyl (C=O) groups excluding carboxylic acids is 2. The molecule has 0 bridgehead atoms. The van der Waals surface area contributed by atoms with E-state index in [2.05, 4.69) is 10.6 Å². The number of amides is 2. The number of nitrogens with two attached hydrogens (primary N) is 1. The van der Waals surface area contributed by atoms with E-state index in [9.17, 15) is 18.0 Å². The van der Waals surface area contributed by atoms with Gasteiger partial charge in [-0.1, -0.05) is 12.1 Å². The maximum Gasteiger partial charge on any atom is 0.430 e. The molecule has 0 spiro atoms. The van der Waals surface area contributed by atoms with Crippen molar-refractivity contribution in [2.24, 2.45) is 5.73 Å². The maximum absolute atomic E-state index is 11.7. The average molecular weight is 242 g/mol. The summed E-state index contributed by atoms with van der Waals surface area (Å²) < 4.78 is 23.4. The topological polar surface area (TPSA) is 107 Å². The average Bonchev–Trinajstić information content (AvgIpc) is 2.41. The molecule has 1 aliphatic rings. The highest BCUT2D eigenvalue weighted by Crippen LogP contribution is 2.29. The van der Waals surface area contributed by atoms with E-state index in [4.69, 9.17) is 0 Å². The molecular formula is C8H6N2O5S. The molecule has 1 aromatic carbocycles. The van der Waals surface area contributed by atoms with E-state index in [0.29, 0.717) is 0 Å². The Labute approximate surface area is 90.4 Å². The van der Waals surface area contributed by atoms with E-state index in [1.54, 1.807) is 0 Å². The summed E-state index contributed by atoms with van der Waals surface area (Å²) in [6.45, 7) is 0. The lowest BCUT2D eigenvalue weighted by Gasteiger charge is -2.11. The van der Waals surface area contributed by atoms with E-state index < -0.39 is 22.0 Å². The first-order chi connectivity index (χ1) is 7.44. The number of hydroxylamine groups is 1. The number of fused-ring (bicyclic) bond motifs is 1. The lowest BCUT2D eigenvalue weighted by molar-refractivity contribution is -0.00319. The van der Waals surface area contributed by atoms with Gasteiger partial charge in [0.2, 0.25) is 0 Å². The second-order valence-corrected chi connectivity index (χ2v) is 4.67. The van der Waals surface area contributed by atoms with Crippen molar-refractivity contribution in [3.05, 3.63) is 29.8 Å². The van der Waals surface area contributed by atoms with E-state index in [1.807, 2.05) is 0 Å². The molecule has 2 amide bonds. The molecule has 0 atom stereocenters. The zero-order valence-electron chi connectivity index (χ0n) is 7.78. The van der Waals surface area contributed by atoms with E-state index in [0.717, 1.165) is 0 Å². The lowest BCUT2D eigenvalue weighted by atomic mass is 10.2.